The number of anilines is 1. The van der Waals surface area contributed by atoms with Crippen molar-refractivity contribution < 1.29 is 22.4 Å². The molecule has 4 rings (SSSR count). The summed E-state index contributed by atoms with van der Waals surface area (Å²) in [6.45, 7) is 2.71. The Kier molecular flexibility index (Phi) is 6.55. The molecule has 168 valence electrons. The van der Waals surface area contributed by atoms with E-state index >= 15 is 0 Å². The number of methoxy groups -OCH3 is 1. The molecule has 0 atom stereocenters. The van der Waals surface area contributed by atoms with Crippen molar-refractivity contribution in [1.82, 2.24) is 4.90 Å². The third-order valence-electron chi connectivity index (χ3n) is 5.27. The number of ether oxygens (including phenoxy) is 1. The minimum Gasteiger partial charge on any atom is -0.497 e. The first-order valence-electron chi connectivity index (χ1n) is 10.2. The first-order chi connectivity index (χ1) is 15.3. The Morgan fingerprint density at radius 1 is 1.06 bits per heavy atom. The van der Waals surface area contributed by atoms with Gasteiger partial charge in [-0.15, -0.1) is 0 Å². The van der Waals surface area contributed by atoms with Gasteiger partial charge in [0.05, 0.1) is 23.4 Å². The van der Waals surface area contributed by atoms with E-state index in [0.29, 0.717) is 23.1 Å². The summed E-state index contributed by atoms with van der Waals surface area (Å²) in [5.41, 5.74) is 0.277. The fourth-order valence-corrected chi connectivity index (χ4v) is 5.05. The highest BCUT2D eigenvalue weighted by Crippen LogP contribution is 2.29. The fraction of sp³-hybridized carbons (Fsp3) is 0.261. The highest BCUT2D eigenvalue weighted by molar-refractivity contribution is 7.91. The fourth-order valence-electron chi connectivity index (χ4n) is 3.61. The number of sulfone groups is 1. The molecular weight excluding hydrogens is 452 g/mol. The maximum atomic E-state index is 13.1. The summed E-state index contributed by atoms with van der Waals surface area (Å²) in [4.78, 5) is 15.1. The number of amides is 1. The van der Waals surface area contributed by atoms with Gasteiger partial charge in [-0.1, -0.05) is 11.6 Å². The van der Waals surface area contributed by atoms with E-state index < -0.39 is 15.7 Å². The predicted molar refractivity (Wildman–Crippen MR) is 121 cm³/mol. The molecule has 0 unspecified atom stereocenters. The molecule has 2 heterocycles. The number of carbonyl (C=O) groups is 1. The van der Waals surface area contributed by atoms with Crippen LogP contribution in [0.2, 0.25) is 5.02 Å². The van der Waals surface area contributed by atoms with Crippen molar-refractivity contribution in [2.45, 2.75) is 29.2 Å². The van der Waals surface area contributed by atoms with Crippen LogP contribution in [0.3, 0.4) is 0 Å². The summed E-state index contributed by atoms with van der Waals surface area (Å²) in [6.07, 6.45) is 2.34. The van der Waals surface area contributed by atoms with Crippen molar-refractivity contribution in [3.05, 3.63) is 71.1 Å². The number of hydrogen-bond acceptors (Lipinski definition) is 6. The van der Waals surface area contributed by atoms with Gasteiger partial charge in [0.15, 0.2) is 5.76 Å². The quantitative estimate of drug-likeness (QED) is 0.537. The number of likely N-dealkylation sites (tertiary alicyclic amines) is 1. The number of nitrogens with one attached hydrogen (secondary N) is 1. The van der Waals surface area contributed by atoms with Crippen LogP contribution in [0, 0.1) is 0 Å². The van der Waals surface area contributed by atoms with Crippen LogP contribution in [0.4, 0.5) is 5.69 Å². The Hall–Kier alpha value is -2.81. The molecule has 1 amide bonds. The van der Waals surface area contributed by atoms with E-state index in [4.69, 9.17) is 20.8 Å². The lowest BCUT2D eigenvalue weighted by atomic mass is 10.3. The summed E-state index contributed by atoms with van der Waals surface area (Å²) in [5, 5.41) is 3.14. The van der Waals surface area contributed by atoms with Crippen molar-refractivity contribution in [2.24, 2.45) is 0 Å². The Morgan fingerprint density at radius 2 is 1.78 bits per heavy atom. The molecule has 1 fully saturated rings. The van der Waals surface area contributed by atoms with Gasteiger partial charge in [0.1, 0.15) is 11.5 Å². The lowest BCUT2D eigenvalue weighted by Gasteiger charge is -2.12. The van der Waals surface area contributed by atoms with E-state index in [1.54, 1.807) is 18.2 Å². The zero-order chi connectivity index (χ0) is 22.7. The average molecular weight is 475 g/mol. The van der Waals surface area contributed by atoms with E-state index in [9.17, 15) is 13.2 Å². The monoisotopic (exact) mass is 474 g/mol. The molecule has 1 aliphatic heterocycles. The summed E-state index contributed by atoms with van der Waals surface area (Å²) in [6, 6.07) is 13.6. The van der Waals surface area contributed by atoms with Gasteiger partial charge >= 0.3 is 0 Å². The maximum absolute atomic E-state index is 13.1. The van der Waals surface area contributed by atoms with E-state index in [-0.39, 0.29) is 21.2 Å². The molecule has 2 aromatic carbocycles. The molecule has 1 aromatic heterocycles. The van der Waals surface area contributed by atoms with Crippen LogP contribution >= 0.6 is 11.6 Å². The zero-order valence-electron chi connectivity index (χ0n) is 17.5. The number of benzene rings is 2. The third-order valence-corrected chi connectivity index (χ3v) is 7.27. The Balaban J connectivity index is 1.55. The molecule has 1 N–H and O–H groups in total. The Morgan fingerprint density at radius 3 is 2.47 bits per heavy atom. The molecule has 0 spiro atoms. The second kappa shape index (κ2) is 9.36. The molecular formula is C23H23ClN2O5S. The molecule has 0 saturated carbocycles. The highest BCUT2D eigenvalue weighted by atomic mass is 35.5. The van der Waals surface area contributed by atoms with E-state index in [2.05, 4.69) is 10.2 Å². The first-order valence-corrected chi connectivity index (χ1v) is 12.0. The molecule has 9 heteroatoms. The minimum absolute atomic E-state index is 0.0105. The first kappa shape index (κ1) is 22.4. The molecule has 0 bridgehead atoms. The molecule has 3 aromatic rings. The summed E-state index contributed by atoms with van der Waals surface area (Å²) < 4.78 is 37.1. The smallest absolute Gasteiger partial charge is 0.291 e. The number of furan rings is 1. The SMILES string of the molecule is COc1cc(NC(=O)c2ccc(CN3CCCC3)o2)cc(S(=O)(=O)c2ccc(Cl)cc2)c1. The lowest BCUT2D eigenvalue weighted by Crippen LogP contribution is -2.18. The van der Waals surface area contributed by atoms with Crippen LogP contribution in [-0.4, -0.2) is 39.4 Å². The third kappa shape index (κ3) is 4.98. The number of halogens is 1. The summed E-state index contributed by atoms with van der Waals surface area (Å²) in [5.74, 6) is 0.697. The van der Waals surface area contributed by atoms with Crippen LogP contribution in [0.1, 0.15) is 29.2 Å². The van der Waals surface area contributed by atoms with Gasteiger partial charge in [-0.05, 0) is 74.5 Å². The second-order valence-corrected chi connectivity index (χ2v) is 9.94. The topological polar surface area (TPSA) is 88.8 Å². The number of carbonyl (C=O) groups excluding carboxylic acids is 1. The van der Waals surface area contributed by atoms with Crippen molar-refractivity contribution in [1.29, 1.82) is 0 Å². The molecule has 0 radical (unpaired) electrons. The summed E-state index contributed by atoms with van der Waals surface area (Å²) in [7, 11) is -2.41. The lowest BCUT2D eigenvalue weighted by molar-refractivity contribution is 0.0993. The van der Waals surface area contributed by atoms with Crippen LogP contribution in [0.15, 0.2) is 68.8 Å². The largest absolute Gasteiger partial charge is 0.497 e. The minimum atomic E-state index is -3.84. The van der Waals surface area contributed by atoms with Crippen LogP contribution < -0.4 is 10.1 Å². The Bertz CT molecular complexity index is 1220. The predicted octanol–water partition coefficient (Wildman–Crippen LogP) is 4.62. The standard InChI is InChI=1S/C23H23ClN2O5S/c1-30-19-12-17(13-21(14-19)32(28,29)20-7-4-16(24)5-8-20)25-23(27)22-9-6-18(31-22)15-26-10-2-3-11-26/h4-9,12-14H,2-3,10-11,15H2,1H3,(H,25,27). The van der Waals surface area contributed by atoms with Crippen LogP contribution in [0.25, 0.3) is 0 Å². The number of hydrogen-bond donors (Lipinski definition) is 1. The van der Waals surface area contributed by atoms with Gasteiger partial charge in [0.25, 0.3) is 5.91 Å². The van der Waals surface area contributed by atoms with Crippen molar-refractivity contribution in [2.75, 3.05) is 25.5 Å². The van der Waals surface area contributed by atoms with E-state index in [1.807, 2.05) is 0 Å². The molecule has 0 aliphatic carbocycles. The zero-order valence-corrected chi connectivity index (χ0v) is 19.1. The van der Waals surface area contributed by atoms with Gasteiger partial charge in [-0.2, -0.15) is 0 Å². The second-order valence-electron chi connectivity index (χ2n) is 7.56. The van der Waals surface area contributed by atoms with Crippen molar-refractivity contribution >= 4 is 33.0 Å². The molecule has 7 nitrogen and oxygen atoms in total. The van der Waals surface area contributed by atoms with Gasteiger partial charge in [0.2, 0.25) is 9.84 Å². The highest BCUT2D eigenvalue weighted by Gasteiger charge is 2.21. The van der Waals surface area contributed by atoms with Gasteiger partial charge < -0.3 is 14.5 Å². The van der Waals surface area contributed by atoms with E-state index in [0.717, 1.165) is 13.1 Å². The average Bonchev–Trinajstić information content (AvgIpc) is 3.46. The van der Waals surface area contributed by atoms with Crippen molar-refractivity contribution in [3.63, 3.8) is 0 Å². The van der Waals surface area contributed by atoms with Gasteiger partial charge in [0, 0.05) is 16.8 Å². The number of nitrogens with zero attached hydrogens (tertiary/aromatic N) is 1. The Labute approximate surface area is 191 Å². The van der Waals surface area contributed by atoms with Crippen LogP contribution in [0.5, 0.6) is 5.75 Å². The molecule has 1 saturated heterocycles. The van der Waals surface area contributed by atoms with E-state index in [1.165, 1.54) is 56.3 Å². The van der Waals surface area contributed by atoms with Gasteiger partial charge in [-0.25, -0.2) is 8.42 Å². The molecule has 32 heavy (non-hydrogen) atoms. The van der Waals surface area contributed by atoms with Gasteiger partial charge in [-0.3, -0.25) is 9.69 Å². The van der Waals surface area contributed by atoms with Crippen molar-refractivity contribution in [3.8, 4) is 5.75 Å². The number of rotatable bonds is 7. The summed E-state index contributed by atoms with van der Waals surface area (Å²) >= 11 is 5.87. The van der Waals surface area contributed by atoms with Crippen LogP contribution in [-0.2, 0) is 16.4 Å². The normalized spacial score (nSPS) is 14.4. The molecule has 1 aliphatic rings. The maximum Gasteiger partial charge on any atom is 0.291 e.